The van der Waals surface area contributed by atoms with Gasteiger partial charge in [0.15, 0.2) is 0 Å². The molecule has 2 unspecified atom stereocenters. The van der Waals surface area contributed by atoms with Crippen molar-refractivity contribution in [2.24, 2.45) is 5.73 Å². The van der Waals surface area contributed by atoms with E-state index in [4.69, 9.17) is 10.5 Å². The van der Waals surface area contributed by atoms with Crippen LogP contribution in [0.25, 0.3) is 0 Å². The van der Waals surface area contributed by atoms with Crippen LogP contribution in [0.15, 0.2) is 24.3 Å². The van der Waals surface area contributed by atoms with Crippen LogP contribution in [0.4, 0.5) is 0 Å². The Morgan fingerprint density at radius 1 is 1.40 bits per heavy atom. The first-order valence-electron chi connectivity index (χ1n) is 7.50. The lowest BCUT2D eigenvalue weighted by molar-refractivity contribution is 0.0869. The van der Waals surface area contributed by atoms with Crippen LogP contribution in [0.3, 0.4) is 0 Å². The van der Waals surface area contributed by atoms with Gasteiger partial charge >= 0.3 is 0 Å². The number of ether oxygens (including phenoxy) is 1. The molecule has 1 aliphatic rings. The minimum atomic E-state index is 0.153. The van der Waals surface area contributed by atoms with E-state index >= 15 is 0 Å². The van der Waals surface area contributed by atoms with Gasteiger partial charge < -0.3 is 15.6 Å². The molecule has 1 aromatic carbocycles. The van der Waals surface area contributed by atoms with Crippen molar-refractivity contribution in [2.75, 3.05) is 26.8 Å². The van der Waals surface area contributed by atoms with Crippen LogP contribution in [0.5, 0.6) is 5.75 Å². The molecule has 3 N–H and O–H groups in total. The van der Waals surface area contributed by atoms with Crippen LogP contribution in [-0.2, 0) is 0 Å². The minimum Gasteiger partial charge on any atom is -0.497 e. The lowest BCUT2D eigenvalue weighted by atomic mass is 10.0. The molecule has 0 radical (unpaired) electrons. The van der Waals surface area contributed by atoms with Gasteiger partial charge in [-0.25, -0.2) is 0 Å². The first-order valence-corrected chi connectivity index (χ1v) is 7.50. The number of rotatable bonds is 5. The zero-order chi connectivity index (χ0) is 14.4. The van der Waals surface area contributed by atoms with Gasteiger partial charge in [0.1, 0.15) is 5.75 Å². The number of methoxy groups -OCH3 is 1. The first kappa shape index (κ1) is 15.3. The largest absolute Gasteiger partial charge is 0.497 e. The second kappa shape index (κ2) is 7.62. The predicted molar refractivity (Wildman–Crippen MR) is 80.8 cm³/mol. The molecule has 1 aliphatic heterocycles. The molecule has 2 rings (SSSR count). The summed E-state index contributed by atoms with van der Waals surface area (Å²) in [6.45, 7) is 1.77. The monoisotopic (exact) mass is 278 g/mol. The Morgan fingerprint density at radius 2 is 2.25 bits per heavy atom. The molecule has 20 heavy (non-hydrogen) atoms. The molecule has 0 spiro atoms. The fourth-order valence-electron chi connectivity index (χ4n) is 3.12. The van der Waals surface area contributed by atoms with E-state index in [-0.39, 0.29) is 18.7 Å². The molecule has 1 fully saturated rings. The van der Waals surface area contributed by atoms with Crippen molar-refractivity contribution in [3.05, 3.63) is 29.8 Å². The SMILES string of the molecule is COc1cccc(C(CN)N2CCCCCC2CO)c1. The second-order valence-corrected chi connectivity index (χ2v) is 5.45. The summed E-state index contributed by atoms with van der Waals surface area (Å²) in [7, 11) is 1.68. The zero-order valence-electron chi connectivity index (χ0n) is 12.3. The molecule has 4 nitrogen and oxygen atoms in total. The Labute approximate surface area is 121 Å². The van der Waals surface area contributed by atoms with E-state index in [0.29, 0.717) is 6.54 Å². The maximum Gasteiger partial charge on any atom is 0.119 e. The van der Waals surface area contributed by atoms with Crippen LogP contribution < -0.4 is 10.5 Å². The van der Waals surface area contributed by atoms with Crippen molar-refractivity contribution in [1.29, 1.82) is 0 Å². The van der Waals surface area contributed by atoms with Crippen molar-refractivity contribution in [3.8, 4) is 5.75 Å². The Hall–Kier alpha value is -1.10. The molecule has 0 aliphatic carbocycles. The van der Waals surface area contributed by atoms with Crippen molar-refractivity contribution in [3.63, 3.8) is 0 Å². The maximum absolute atomic E-state index is 9.67. The van der Waals surface area contributed by atoms with Crippen LogP contribution in [-0.4, -0.2) is 42.9 Å². The number of hydrogen-bond acceptors (Lipinski definition) is 4. The number of nitrogens with zero attached hydrogens (tertiary/aromatic N) is 1. The highest BCUT2D eigenvalue weighted by Gasteiger charge is 2.27. The van der Waals surface area contributed by atoms with Gasteiger partial charge in [-0.1, -0.05) is 25.0 Å². The van der Waals surface area contributed by atoms with Gasteiger partial charge in [-0.15, -0.1) is 0 Å². The number of benzene rings is 1. The Bertz CT molecular complexity index is 411. The van der Waals surface area contributed by atoms with Gasteiger partial charge in [0.05, 0.1) is 13.7 Å². The maximum atomic E-state index is 9.67. The normalized spacial score (nSPS) is 22.2. The topological polar surface area (TPSA) is 58.7 Å². The molecule has 0 saturated carbocycles. The average molecular weight is 278 g/mol. The molecule has 0 bridgehead atoms. The molecule has 1 saturated heterocycles. The lowest BCUT2D eigenvalue weighted by Gasteiger charge is -2.36. The molecular formula is C16H26N2O2. The Balaban J connectivity index is 2.23. The number of aliphatic hydroxyl groups excluding tert-OH is 1. The van der Waals surface area contributed by atoms with Crippen LogP contribution >= 0.6 is 0 Å². The van der Waals surface area contributed by atoms with Crippen LogP contribution in [0.1, 0.15) is 37.3 Å². The minimum absolute atomic E-state index is 0.153. The van der Waals surface area contributed by atoms with Gasteiger partial charge in [0.2, 0.25) is 0 Å². The summed E-state index contributed by atoms with van der Waals surface area (Å²) in [5.74, 6) is 0.858. The molecule has 0 amide bonds. The predicted octanol–water partition coefficient (Wildman–Crippen LogP) is 1.93. The van der Waals surface area contributed by atoms with E-state index in [2.05, 4.69) is 17.0 Å². The molecule has 1 aromatic rings. The van der Waals surface area contributed by atoms with Gasteiger partial charge in [0.25, 0.3) is 0 Å². The smallest absolute Gasteiger partial charge is 0.119 e. The highest BCUT2D eigenvalue weighted by molar-refractivity contribution is 5.31. The van der Waals surface area contributed by atoms with E-state index < -0.39 is 0 Å². The third-order valence-corrected chi connectivity index (χ3v) is 4.24. The van der Waals surface area contributed by atoms with Crippen LogP contribution in [0, 0.1) is 0 Å². The third kappa shape index (κ3) is 3.51. The Kier molecular flexibility index (Phi) is 5.83. The zero-order valence-corrected chi connectivity index (χ0v) is 12.3. The van der Waals surface area contributed by atoms with E-state index in [9.17, 15) is 5.11 Å². The second-order valence-electron chi connectivity index (χ2n) is 5.45. The molecular weight excluding hydrogens is 252 g/mol. The van der Waals surface area contributed by atoms with Crippen molar-refractivity contribution in [2.45, 2.75) is 37.8 Å². The number of nitrogens with two attached hydrogens (primary N) is 1. The fraction of sp³-hybridized carbons (Fsp3) is 0.625. The quantitative estimate of drug-likeness (QED) is 0.864. The fourth-order valence-corrected chi connectivity index (χ4v) is 3.12. The number of likely N-dealkylation sites (tertiary alicyclic amines) is 1. The summed E-state index contributed by atoms with van der Waals surface area (Å²) < 4.78 is 5.31. The summed E-state index contributed by atoms with van der Waals surface area (Å²) in [4.78, 5) is 2.38. The number of hydrogen-bond donors (Lipinski definition) is 2. The standard InChI is InChI=1S/C16H26N2O2/c1-20-15-8-5-6-13(10-15)16(11-17)18-9-4-2-3-7-14(18)12-19/h5-6,8,10,14,16,19H,2-4,7,9,11-12,17H2,1H3. The summed E-state index contributed by atoms with van der Waals surface area (Å²) >= 11 is 0. The van der Waals surface area contributed by atoms with Crippen molar-refractivity contribution >= 4 is 0 Å². The highest BCUT2D eigenvalue weighted by atomic mass is 16.5. The summed E-state index contributed by atoms with van der Waals surface area (Å²) in [6, 6.07) is 8.47. The van der Waals surface area contributed by atoms with E-state index in [1.54, 1.807) is 7.11 Å². The summed E-state index contributed by atoms with van der Waals surface area (Å²) in [5, 5.41) is 9.67. The third-order valence-electron chi connectivity index (χ3n) is 4.24. The molecule has 112 valence electrons. The van der Waals surface area contributed by atoms with Gasteiger partial charge in [-0.05, 0) is 37.1 Å². The van der Waals surface area contributed by atoms with Crippen molar-refractivity contribution < 1.29 is 9.84 Å². The van der Waals surface area contributed by atoms with Gasteiger partial charge in [-0.2, -0.15) is 0 Å². The lowest BCUT2D eigenvalue weighted by Crippen LogP contribution is -2.43. The Morgan fingerprint density at radius 3 is 2.95 bits per heavy atom. The van der Waals surface area contributed by atoms with Gasteiger partial charge in [0, 0.05) is 18.6 Å². The molecule has 0 aromatic heterocycles. The number of aliphatic hydroxyl groups is 1. The van der Waals surface area contributed by atoms with E-state index in [1.165, 1.54) is 24.8 Å². The van der Waals surface area contributed by atoms with Gasteiger partial charge in [-0.3, -0.25) is 4.90 Å². The molecule has 1 heterocycles. The summed E-state index contributed by atoms with van der Waals surface area (Å²) in [5.41, 5.74) is 7.20. The van der Waals surface area contributed by atoms with E-state index in [1.807, 2.05) is 12.1 Å². The molecule has 2 atom stereocenters. The van der Waals surface area contributed by atoms with Crippen molar-refractivity contribution in [1.82, 2.24) is 4.90 Å². The summed E-state index contributed by atoms with van der Waals surface area (Å²) in [6.07, 6.45) is 4.66. The average Bonchev–Trinajstić information content (AvgIpc) is 2.74. The first-order chi connectivity index (χ1) is 9.80. The highest BCUT2D eigenvalue weighted by Crippen LogP contribution is 2.29. The molecule has 4 heteroatoms. The van der Waals surface area contributed by atoms with E-state index in [0.717, 1.165) is 18.7 Å². The van der Waals surface area contributed by atoms with Crippen LogP contribution in [0.2, 0.25) is 0 Å².